The first-order valence-corrected chi connectivity index (χ1v) is 8.67. The average molecular weight is 286 g/mol. The Hall–Kier alpha value is -0.860. The van der Waals surface area contributed by atoms with Crippen molar-refractivity contribution >= 4 is 0 Å². The van der Waals surface area contributed by atoms with Crippen molar-refractivity contribution in [3.63, 3.8) is 0 Å². The topological polar surface area (TPSA) is 15.3 Å². The van der Waals surface area contributed by atoms with Gasteiger partial charge in [-0.15, -0.1) is 0 Å². The van der Waals surface area contributed by atoms with Crippen LogP contribution in [-0.2, 0) is 0 Å². The molecule has 1 N–H and O–H groups in total. The fourth-order valence-electron chi connectivity index (χ4n) is 3.82. The Balaban J connectivity index is 1.77. The van der Waals surface area contributed by atoms with Gasteiger partial charge in [0.1, 0.15) is 0 Å². The molecule has 1 saturated carbocycles. The van der Waals surface area contributed by atoms with Gasteiger partial charge in [-0.2, -0.15) is 0 Å². The molecule has 1 heterocycles. The summed E-state index contributed by atoms with van der Waals surface area (Å²) in [6.45, 7) is 10.7. The van der Waals surface area contributed by atoms with E-state index in [0.29, 0.717) is 17.5 Å². The maximum absolute atomic E-state index is 3.74. The summed E-state index contributed by atoms with van der Waals surface area (Å²) in [4.78, 5) is 2.77. The van der Waals surface area contributed by atoms with Crippen LogP contribution in [0.15, 0.2) is 30.3 Å². The summed E-state index contributed by atoms with van der Waals surface area (Å²) in [6, 6.07) is 12.3. The van der Waals surface area contributed by atoms with E-state index in [0.717, 1.165) is 12.5 Å². The van der Waals surface area contributed by atoms with Crippen molar-refractivity contribution in [2.75, 3.05) is 19.6 Å². The molecule has 116 valence electrons. The predicted molar refractivity (Wildman–Crippen MR) is 89.3 cm³/mol. The van der Waals surface area contributed by atoms with Gasteiger partial charge in [0.2, 0.25) is 0 Å². The van der Waals surface area contributed by atoms with Gasteiger partial charge in [0, 0.05) is 31.7 Å². The van der Waals surface area contributed by atoms with E-state index in [9.17, 15) is 0 Å². The Morgan fingerprint density at radius 1 is 1.24 bits per heavy atom. The summed E-state index contributed by atoms with van der Waals surface area (Å²) in [5.74, 6) is 0.809. The standard InChI is InChI=1S/C19H30N2/c1-4-17-13-21(14-19(10-11-19)15(2)3)18(12-20-17)16-8-6-5-7-9-16/h5-9,15,17-18,20H,4,10-14H2,1-3H3. The molecule has 1 saturated heterocycles. The van der Waals surface area contributed by atoms with Crippen molar-refractivity contribution in [3.8, 4) is 0 Å². The molecular weight excluding hydrogens is 256 g/mol. The van der Waals surface area contributed by atoms with E-state index in [1.165, 1.54) is 37.9 Å². The summed E-state index contributed by atoms with van der Waals surface area (Å²) in [7, 11) is 0. The number of rotatable bonds is 5. The maximum atomic E-state index is 3.74. The largest absolute Gasteiger partial charge is 0.311 e. The minimum atomic E-state index is 0.547. The Morgan fingerprint density at radius 2 is 1.95 bits per heavy atom. The van der Waals surface area contributed by atoms with Gasteiger partial charge in [-0.25, -0.2) is 0 Å². The van der Waals surface area contributed by atoms with E-state index >= 15 is 0 Å². The van der Waals surface area contributed by atoms with Gasteiger partial charge in [-0.3, -0.25) is 4.90 Å². The molecule has 0 spiro atoms. The summed E-state index contributed by atoms with van der Waals surface area (Å²) in [5, 5.41) is 3.74. The van der Waals surface area contributed by atoms with E-state index < -0.39 is 0 Å². The molecule has 21 heavy (non-hydrogen) atoms. The van der Waals surface area contributed by atoms with Gasteiger partial charge in [0.15, 0.2) is 0 Å². The van der Waals surface area contributed by atoms with Crippen LogP contribution >= 0.6 is 0 Å². The molecule has 1 aliphatic carbocycles. The third-order valence-corrected chi connectivity index (χ3v) is 5.81. The molecule has 2 heteroatoms. The molecule has 2 nitrogen and oxygen atoms in total. The van der Waals surface area contributed by atoms with Gasteiger partial charge in [0.25, 0.3) is 0 Å². The molecule has 2 unspecified atom stereocenters. The second-order valence-electron chi connectivity index (χ2n) is 7.39. The number of nitrogens with zero attached hydrogens (tertiary/aromatic N) is 1. The van der Waals surface area contributed by atoms with Crippen LogP contribution in [0.5, 0.6) is 0 Å². The van der Waals surface area contributed by atoms with Crippen molar-refractivity contribution < 1.29 is 0 Å². The third-order valence-electron chi connectivity index (χ3n) is 5.81. The third kappa shape index (κ3) is 3.17. The maximum Gasteiger partial charge on any atom is 0.0473 e. The number of benzene rings is 1. The summed E-state index contributed by atoms with van der Waals surface area (Å²) >= 11 is 0. The smallest absolute Gasteiger partial charge is 0.0473 e. The lowest BCUT2D eigenvalue weighted by Gasteiger charge is -2.43. The lowest BCUT2D eigenvalue weighted by atomic mass is 9.89. The van der Waals surface area contributed by atoms with Crippen molar-refractivity contribution in [1.29, 1.82) is 0 Å². The van der Waals surface area contributed by atoms with Gasteiger partial charge in [-0.05, 0) is 36.2 Å². The van der Waals surface area contributed by atoms with E-state index in [1.54, 1.807) is 0 Å². The van der Waals surface area contributed by atoms with E-state index in [1.807, 2.05) is 0 Å². The van der Waals surface area contributed by atoms with Crippen LogP contribution in [0, 0.1) is 11.3 Å². The lowest BCUT2D eigenvalue weighted by molar-refractivity contribution is 0.0887. The quantitative estimate of drug-likeness (QED) is 0.884. The fourth-order valence-corrected chi connectivity index (χ4v) is 3.82. The minimum Gasteiger partial charge on any atom is -0.311 e. The summed E-state index contributed by atoms with van der Waals surface area (Å²) in [5.41, 5.74) is 2.07. The van der Waals surface area contributed by atoms with Gasteiger partial charge >= 0.3 is 0 Å². The molecule has 0 bridgehead atoms. The summed E-state index contributed by atoms with van der Waals surface area (Å²) in [6.07, 6.45) is 4.08. The van der Waals surface area contributed by atoms with E-state index in [4.69, 9.17) is 0 Å². The number of piperazine rings is 1. The van der Waals surface area contributed by atoms with Crippen molar-refractivity contribution in [2.24, 2.45) is 11.3 Å². The molecule has 3 rings (SSSR count). The Morgan fingerprint density at radius 3 is 2.52 bits per heavy atom. The van der Waals surface area contributed by atoms with Crippen LogP contribution in [0.3, 0.4) is 0 Å². The van der Waals surface area contributed by atoms with Gasteiger partial charge < -0.3 is 5.32 Å². The molecule has 2 atom stereocenters. The van der Waals surface area contributed by atoms with Crippen molar-refractivity contribution in [1.82, 2.24) is 10.2 Å². The SMILES string of the molecule is CCC1CN(CC2(C(C)C)CC2)C(c2ccccc2)CN1. The molecule has 0 amide bonds. The van der Waals surface area contributed by atoms with Gasteiger partial charge in [-0.1, -0.05) is 51.1 Å². The van der Waals surface area contributed by atoms with Crippen LogP contribution in [0.1, 0.15) is 51.6 Å². The van der Waals surface area contributed by atoms with E-state index in [-0.39, 0.29) is 0 Å². The molecule has 1 aliphatic heterocycles. The lowest BCUT2D eigenvalue weighted by Crippen LogP contribution is -2.53. The van der Waals surface area contributed by atoms with Gasteiger partial charge in [0.05, 0.1) is 0 Å². The molecule has 1 aromatic carbocycles. The first kappa shape index (κ1) is 15.1. The first-order valence-electron chi connectivity index (χ1n) is 8.67. The highest BCUT2D eigenvalue weighted by atomic mass is 15.2. The van der Waals surface area contributed by atoms with Crippen molar-refractivity contribution in [2.45, 2.75) is 52.1 Å². The Kier molecular flexibility index (Phi) is 4.37. The number of nitrogens with one attached hydrogen (secondary N) is 1. The van der Waals surface area contributed by atoms with Crippen LogP contribution in [0.2, 0.25) is 0 Å². The molecule has 0 aromatic heterocycles. The molecular formula is C19H30N2. The molecule has 2 fully saturated rings. The van der Waals surface area contributed by atoms with Crippen molar-refractivity contribution in [3.05, 3.63) is 35.9 Å². The molecule has 1 aromatic rings. The monoisotopic (exact) mass is 286 g/mol. The van der Waals surface area contributed by atoms with Crippen LogP contribution in [-0.4, -0.2) is 30.6 Å². The van der Waals surface area contributed by atoms with Crippen LogP contribution < -0.4 is 5.32 Å². The zero-order chi connectivity index (χ0) is 14.9. The molecule has 2 aliphatic rings. The average Bonchev–Trinajstić information content (AvgIpc) is 3.29. The summed E-state index contributed by atoms with van der Waals surface area (Å²) < 4.78 is 0. The van der Waals surface area contributed by atoms with E-state index in [2.05, 4.69) is 61.3 Å². The highest BCUT2D eigenvalue weighted by molar-refractivity contribution is 5.21. The highest BCUT2D eigenvalue weighted by Crippen LogP contribution is 2.53. The number of hydrogen-bond acceptors (Lipinski definition) is 2. The molecule has 0 radical (unpaired) electrons. The van der Waals surface area contributed by atoms with Crippen LogP contribution in [0.4, 0.5) is 0 Å². The second kappa shape index (κ2) is 6.10. The minimum absolute atomic E-state index is 0.547. The zero-order valence-corrected chi connectivity index (χ0v) is 13.8. The Bertz CT molecular complexity index is 450. The first-order chi connectivity index (χ1) is 10.1. The zero-order valence-electron chi connectivity index (χ0n) is 13.8. The fraction of sp³-hybridized carbons (Fsp3) is 0.684. The highest BCUT2D eigenvalue weighted by Gasteiger charge is 2.47. The number of hydrogen-bond donors (Lipinski definition) is 1. The predicted octanol–water partition coefficient (Wildman–Crippen LogP) is 3.85. The Labute approximate surface area is 129 Å². The second-order valence-corrected chi connectivity index (χ2v) is 7.39. The van der Waals surface area contributed by atoms with Crippen LogP contribution in [0.25, 0.3) is 0 Å². The normalized spacial score (nSPS) is 28.8.